The number of allylic oxidation sites excluding steroid dienone is 3. The van der Waals surface area contributed by atoms with Gasteiger partial charge in [-0.25, -0.2) is 9.59 Å². The average Bonchev–Trinajstić information content (AvgIpc) is 3.46. The summed E-state index contributed by atoms with van der Waals surface area (Å²) in [5, 5.41) is 0. The summed E-state index contributed by atoms with van der Waals surface area (Å²) in [7, 11) is 0. The Morgan fingerprint density at radius 3 is 2.09 bits per heavy atom. The molecule has 1 saturated carbocycles. The molecular formula is C27H38O7. The Morgan fingerprint density at radius 2 is 1.59 bits per heavy atom. The van der Waals surface area contributed by atoms with Crippen molar-refractivity contribution in [1.29, 1.82) is 0 Å². The van der Waals surface area contributed by atoms with E-state index in [1.54, 1.807) is 39.8 Å². The number of esters is 3. The molecule has 1 saturated heterocycles. The Bertz CT molecular complexity index is 921. The summed E-state index contributed by atoms with van der Waals surface area (Å²) in [4.78, 5) is 37.4. The Morgan fingerprint density at radius 1 is 1.03 bits per heavy atom. The molecule has 1 aliphatic carbocycles. The molecule has 0 aromatic heterocycles. The second kappa shape index (κ2) is 11.2. The van der Waals surface area contributed by atoms with Crippen LogP contribution in [0.5, 0.6) is 0 Å². The van der Waals surface area contributed by atoms with E-state index < -0.39 is 47.7 Å². The molecule has 0 spiro atoms. The van der Waals surface area contributed by atoms with Crippen LogP contribution in [0.1, 0.15) is 68.2 Å². The van der Waals surface area contributed by atoms with Crippen LogP contribution in [0.15, 0.2) is 47.1 Å². The number of carbonyl (C=O) groups is 3. The Hall–Kier alpha value is -2.67. The summed E-state index contributed by atoms with van der Waals surface area (Å²) in [5.41, 5.74) is 1.78. The number of rotatable bonds is 9. The predicted molar refractivity (Wildman–Crippen MR) is 129 cm³/mol. The molecule has 7 heteroatoms. The molecule has 6 atom stereocenters. The fourth-order valence-electron chi connectivity index (χ4n) is 4.11. The van der Waals surface area contributed by atoms with E-state index in [-0.39, 0.29) is 6.10 Å². The molecule has 2 aliphatic rings. The van der Waals surface area contributed by atoms with Crippen molar-refractivity contribution in [1.82, 2.24) is 0 Å². The molecule has 1 heterocycles. The Labute approximate surface area is 202 Å². The minimum Gasteiger partial charge on any atom is -0.458 e. The zero-order valence-electron chi connectivity index (χ0n) is 21.6. The first kappa shape index (κ1) is 27.6. The first-order valence-corrected chi connectivity index (χ1v) is 11.7. The molecular weight excluding hydrogens is 436 g/mol. The largest absolute Gasteiger partial charge is 0.458 e. The van der Waals surface area contributed by atoms with Gasteiger partial charge in [0.2, 0.25) is 0 Å². The van der Waals surface area contributed by atoms with E-state index in [1.807, 2.05) is 26.8 Å². The molecule has 188 valence electrons. The number of hydrogen-bond donors (Lipinski definition) is 0. The first-order chi connectivity index (χ1) is 15.8. The van der Waals surface area contributed by atoms with Crippen LogP contribution < -0.4 is 0 Å². The van der Waals surface area contributed by atoms with Crippen LogP contribution in [0.2, 0.25) is 0 Å². The highest BCUT2D eigenvalue weighted by molar-refractivity contribution is 5.88. The second-order valence-electron chi connectivity index (χ2n) is 9.46. The molecule has 0 aromatic rings. The standard InChI is InChI=1S/C27H38O7/c1-10-16(5)25(29)32-23-20(18(7)21(31-19(8)28)13-12-15(3)4)14-22-27(9,34-22)24(23)33-26(30)17(6)11-2/h10-12,20-24H,7,13-14H2,1-6,8-9H3/b16-10-,17-11-/t20-,21-,22-,23+,24-,27-/m0/s1. The molecule has 2 fully saturated rings. The van der Waals surface area contributed by atoms with E-state index in [1.165, 1.54) is 6.92 Å². The van der Waals surface area contributed by atoms with E-state index >= 15 is 0 Å². The summed E-state index contributed by atoms with van der Waals surface area (Å²) < 4.78 is 23.4. The average molecular weight is 475 g/mol. The van der Waals surface area contributed by atoms with Crippen molar-refractivity contribution in [2.75, 3.05) is 0 Å². The van der Waals surface area contributed by atoms with Gasteiger partial charge < -0.3 is 18.9 Å². The second-order valence-corrected chi connectivity index (χ2v) is 9.46. The fourth-order valence-corrected chi connectivity index (χ4v) is 4.11. The minimum atomic E-state index is -0.850. The van der Waals surface area contributed by atoms with E-state index in [2.05, 4.69) is 6.58 Å². The van der Waals surface area contributed by atoms with Crippen molar-refractivity contribution in [2.45, 2.75) is 98.2 Å². The van der Waals surface area contributed by atoms with Gasteiger partial charge in [0.15, 0.2) is 6.10 Å². The van der Waals surface area contributed by atoms with E-state index in [0.29, 0.717) is 29.6 Å². The summed E-state index contributed by atoms with van der Waals surface area (Å²) in [6.45, 7) is 18.2. The van der Waals surface area contributed by atoms with Gasteiger partial charge in [-0.1, -0.05) is 30.4 Å². The van der Waals surface area contributed by atoms with Gasteiger partial charge >= 0.3 is 17.9 Å². The van der Waals surface area contributed by atoms with Crippen LogP contribution in [0.4, 0.5) is 0 Å². The first-order valence-electron chi connectivity index (χ1n) is 11.7. The van der Waals surface area contributed by atoms with E-state index in [0.717, 1.165) is 5.57 Å². The maximum absolute atomic E-state index is 12.8. The topological polar surface area (TPSA) is 91.4 Å². The third-order valence-electron chi connectivity index (χ3n) is 6.63. The van der Waals surface area contributed by atoms with Crippen molar-refractivity contribution < 1.29 is 33.3 Å². The zero-order valence-corrected chi connectivity index (χ0v) is 21.6. The maximum Gasteiger partial charge on any atom is 0.333 e. The van der Waals surface area contributed by atoms with Gasteiger partial charge in [0.05, 0.1) is 6.10 Å². The van der Waals surface area contributed by atoms with E-state index in [9.17, 15) is 14.4 Å². The number of epoxide rings is 1. The van der Waals surface area contributed by atoms with Gasteiger partial charge in [0.1, 0.15) is 17.8 Å². The van der Waals surface area contributed by atoms with Crippen LogP contribution in [0.25, 0.3) is 0 Å². The molecule has 0 bridgehead atoms. The lowest BCUT2D eigenvalue weighted by Crippen LogP contribution is -2.54. The van der Waals surface area contributed by atoms with E-state index in [4.69, 9.17) is 18.9 Å². The summed E-state index contributed by atoms with van der Waals surface area (Å²) in [6.07, 6.45) is 3.74. The molecule has 1 aliphatic heterocycles. The minimum absolute atomic E-state index is 0.197. The molecule has 0 amide bonds. The highest BCUT2D eigenvalue weighted by Crippen LogP contribution is 2.53. The lowest BCUT2D eigenvalue weighted by Gasteiger charge is -2.40. The van der Waals surface area contributed by atoms with Crippen molar-refractivity contribution in [3.05, 3.63) is 47.1 Å². The highest BCUT2D eigenvalue weighted by Gasteiger charge is 2.68. The molecule has 0 N–H and O–H groups in total. The number of hydrogen-bond acceptors (Lipinski definition) is 7. The van der Waals surface area contributed by atoms with Crippen LogP contribution >= 0.6 is 0 Å². The van der Waals surface area contributed by atoms with Crippen LogP contribution in [0, 0.1) is 5.92 Å². The third kappa shape index (κ3) is 6.26. The van der Waals surface area contributed by atoms with Crippen LogP contribution in [-0.4, -0.2) is 47.9 Å². The lowest BCUT2D eigenvalue weighted by atomic mass is 9.73. The normalized spacial score (nSPS) is 29.3. The number of fused-ring (bicyclic) bond motifs is 1. The van der Waals surface area contributed by atoms with Gasteiger partial charge in [-0.05, 0) is 60.5 Å². The highest BCUT2D eigenvalue weighted by atomic mass is 16.7. The van der Waals surface area contributed by atoms with Crippen LogP contribution in [-0.2, 0) is 33.3 Å². The molecule has 0 unspecified atom stereocenters. The monoisotopic (exact) mass is 474 g/mol. The fraction of sp³-hybridized carbons (Fsp3) is 0.593. The Balaban J connectivity index is 2.47. The molecule has 0 aromatic carbocycles. The smallest absolute Gasteiger partial charge is 0.333 e. The van der Waals surface area contributed by atoms with Crippen molar-refractivity contribution in [2.24, 2.45) is 5.92 Å². The van der Waals surface area contributed by atoms with Gasteiger partial charge in [0, 0.05) is 30.4 Å². The van der Waals surface area contributed by atoms with Gasteiger partial charge in [-0.2, -0.15) is 0 Å². The third-order valence-corrected chi connectivity index (χ3v) is 6.63. The van der Waals surface area contributed by atoms with Gasteiger partial charge in [-0.3, -0.25) is 4.79 Å². The molecule has 34 heavy (non-hydrogen) atoms. The van der Waals surface area contributed by atoms with Gasteiger partial charge in [-0.15, -0.1) is 0 Å². The summed E-state index contributed by atoms with van der Waals surface area (Å²) in [5.74, 6) is -1.88. The zero-order chi connectivity index (χ0) is 25.8. The van der Waals surface area contributed by atoms with Crippen molar-refractivity contribution in [3.63, 3.8) is 0 Å². The van der Waals surface area contributed by atoms with Gasteiger partial charge in [0.25, 0.3) is 0 Å². The maximum atomic E-state index is 12.8. The summed E-state index contributed by atoms with van der Waals surface area (Å²) in [6, 6.07) is 0. The SMILES string of the molecule is C=C([C@H](CC=C(C)C)OC(C)=O)[C@@H]1C[C@@H]2O[C@]2(C)[C@@H](OC(=O)/C(C)=C\C)[C@@H]1OC(=O)/C(C)=C\C. The summed E-state index contributed by atoms with van der Waals surface area (Å²) >= 11 is 0. The number of ether oxygens (including phenoxy) is 4. The lowest BCUT2D eigenvalue weighted by molar-refractivity contribution is -0.174. The molecule has 7 nitrogen and oxygen atoms in total. The number of carbonyl (C=O) groups excluding carboxylic acids is 3. The van der Waals surface area contributed by atoms with Crippen molar-refractivity contribution >= 4 is 17.9 Å². The van der Waals surface area contributed by atoms with Crippen LogP contribution in [0.3, 0.4) is 0 Å². The molecule has 0 radical (unpaired) electrons. The Kier molecular flexibility index (Phi) is 9.06. The predicted octanol–water partition coefficient (Wildman–Crippen LogP) is 4.76. The van der Waals surface area contributed by atoms with Crippen molar-refractivity contribution in [3.8, 4) is 0 Å². The molecule has 2 rings (SSSR count). The quantitative estimate of drug-likeness (QED) is 0.156.